The minimum Gasteiger partial charge on any atom is -0.197 e. The third-order valence-corrected chi connectivity index (χ3v) is 4.05. The maximum Gasteiger partial charge on any atom is 0.107 e. The second kappa shape index (κ2) is 3.97. The third kappa shape index (κ3) is 1.41. The molecule has 3 rings (SSSR count). The zero-order chi connectivity index (χ0) is 13.3. The Morgan fingerprint density at radius 1 is 0.684 bits per heavy atom. The minimum absolute atomic E-state index is 0.570. The van der Waals surface area contributed by atoms with Crippen LogP contribution in [0.2, 0.25) is 0 Å². The molecule has 0 aromatic heterocycles. The highest BCUT2D eigenvalue weighted by atomic mass is 14.7. The van der Waals surface area contributed by atoms with Crippen molar-refractivity contribution in [2.45, 2.75) is 17.3 Å². The van der Waals surface area contributed by atoms with E-state index in [9.17, 15) is 10.5 Å². The molecule has 2 aromatic rings. The Morgan fingerprint density at radius 2 is 1.05 bits per heavy atom. The molecule has 19 heavy (non-hydrogen) atoms. The standard InChI is InChI=1S/C17H12N2/c18-12-16(14-7-3-1-4-8-14)11-17(16,13-19)15-9-5-2-6-10-15/h1-10H,11H2/t16-,17-/m0/s1. The van der Waals surface area contributed by atoms with Crippen LogP contribution >= 0.6 is 0 Å². The maximum absolute atomic E-state index is 9.64. The van der Waals surface area contributed by atoms with Gasteiger partial charge in [0.1, 0.15) is 10.8 Å². The highest BCUT2D eigenvalue weighted by Gasteiger charge is 2.71. The molecule has 2 atom stereocenters. The van der Waals surface area contributed by atoms with Crippen molar-refractivity contribution in [1.82, 2.24) is 0 Å². The van der Waals surface area contributed by atoms with E-state index in [0.29, 0.717) is 6.42 Å². The SMILES string of the molecule is N#C[C@]1(c2ccccc2)C[C@]1(C#N)c1ccccc1. The van der Waals surface area contributed by atoms with E-state index in [1.807, 2.05) is 60.7 Å². The highest BCUT2D eigenvalue weighted by Crippen LogP contribution is 2.64. The van der Waals surface area contributed by atoms with Crippen molar-refractivity contribution < 1.29 is 0 Å². The van der Waals surface area contributed by atoms with Crippen LogP contribution in [0.3, 0.4) is 0 Å². The van der Waals surface area contributed by atoms with Gasteiger partial charge in [-0.2, -0.15) is 10.5 Å². The Kier molecular flexibility index (Phi) is 2.40. The molecule has 0 aliphatic heterocycles. The van der Waals surface area contributed by atoms with E-state index in [1.54, 1.807) is 0 Å². The Bertz CT molecular complexity index is 617. The first-order valence-electron chi connectivity index (χ1n) is 6.23. The van der Waals surface area contributed by atoms with Crippen molar-refractivity contribution in [3.8, 4) is 12.1 Å². The predicted octanol–water partition coefficient (Wildman–Crippen LogP) is 3.31. The van der Waals surface area contributed by atoms with Crippen LogP contribution in [-0.4, -0.2) is 0 Å². The Hall–Kier alpha value is -2.58. The van der Waals surface area contributed by atoms with Crippen LogP contribution in [0, 0.1) is 22.7 Å². The van der Waals surface area contributed by atoms with Crippen LogP contribution in [0.5, 0.6) is 0 Å². The fourth-order valence-corrected chi connectivity index (χ4v) is 2.89. The predicted molar refractivity (Wildman–Crippen MR) is 72.1 cm³/mol. The molecule has 0 saturated heterocycles. The average Bonchev–Trinajstić information content (AvgIpc) is 3.20. The Morgan fingerprint density at radius 3 is 1.37 bits per heavy atom. The molecule has 1 aliphatic carbocycles. The lowest BCUT2D eigenvalue weighted by atomic mass is 9.83. The lowest BCUT2D eigenvalue weighted by Crippen LogP contribution is -2.19. The van der Waals surface area contributed by atoms with Crippen molar-refractivity contribution in [1.29, 1.82) is 10.5 Å². The summed E-state index contributed by atoms with van der Waals surface area (Å²) in [6, 6.07) is 24.0. The van der Waals surface area contributed by atoms with Crippen LogP contribution in [0.15, 0.2) is 60.7 Å². The van der Waals surface area contributed by atoms with Crippen LogP contribution in [0.4, 0.5) is 0 Å². The van der Waals surface area contributed by atoms with Crippen LogP contribution in [0.1, 0.15) is 17.5 Å². The fraction of sp³-hybridized carbons (Fsp3) is 0.176. The van der Waals surface area contributed by atoms with Gasteiger partial charge in [-0.3, -0.25) is 0 Å². The summed E-state index contributed by atoms with van der Waals surface area (Å²) in [4.78, 5) is 0. The van der Waals surface area contributed by atoms with Gasteiger partial charge in [-0.1, -0.05) is 60.7 Å². The fourth-order valence-electron chi connectivity index (χ4n) is 2.89. The monoisotopic (exact) mass is 244 g/mol. The molecule has 2 heteroatoms. The topological polar surface area (TPSA) is 47.6 Å². The molecule has 2 aromatic carbocycles. The van der Waals surface area contributed by atoms with Crippen molar-refractivity contribution in [2.24, 2.45) is 0 Å². The highest BCUT2D eigenvalue weighted by molar-refractivity contribution is 5.60. The van der Waals surface area contributed by atoms with Gasteiger partial charge in [-0.15, -0.1) is 0 Å². The molecule has 0 heterocycles. The van der Waals surface area contributed by atoms with E-state index in [0.717, 1.165) is 11.1 Å². The van der Waals surface area contributed by atoms with Gasteiger partial charge >= 0.3 is 0 Å². The second-order valence-corrected chi connectivity index (χ2v) is 4.94. The van der Waals surface area contributed by atoms with E-state index in [4.69, 9.17) is 0 Å². The number of benzene rings is 2. The zero-order valence-electron chi connectivity index (χ0n) is 10.4. The van der Waals surface area contributed by atoms with E-state index < -0.39 is 10.8 Å². The number of nitriles is 2. The quantitative estimate of drug-likeness (QED) is 0.813. The summed E-state index contributed by atoms with van der Waals surface area (Å²) in [5.74, 6) is 0. The number of hydrogen-bond acceptors (Lipinski definition) is 2. The van der Waals surface area contributed by atoms with Crippen molar-refractivity contribution in [2.75, 3.05) is 0 Å². The lowest BCUT2D eigenvalue weighted by Gasteiger charge is -2.15. The van der Waals surface area contributed by atoms with Gasteiger partial charge in [0, 0.05) is 0 Å². The van der Waals surface area contributed by atoms with Crippen LogP contribution in [-0.2, 0) is 10.8 Å². The number of rotatable bonds is 2. The first-order chi connectivity index (χ1) is 9.29. The van der Waals surface area contributed by atoms with Gasteiger partial charge in [0.05, 0.1) is 12.1 Å². The van der Waals surface area contributed by atoms with E-state index in [1.165, 1.54) is 0 Å². The summed E-state index contributed by atoms with van der Waals surface area (Å²) in [6.45, 7) is 0. The minimum atomic E-state index is -0.704. The van der Waals surface area contributed by atoms with E-state index >= 15 is 0 Å². The summed E-state index contributed by atoms with van der Waals surface area (Å²) in [5, 5.41) is 19.3. The molecular formula is C17H12N2. The van der Waals surface area contributed by atoms with Crippen LogP contribution in [0.25, 0.3) is 0 Å². The first-order valence-corrected chi connectivity index (χ1v) is 6.23. The maximum atomic E-state index is 9.64. The first kappa shape index (κ1) is 11.5. The third-order valence-electron chi connectivity index (χ3n) is 4.05. The summed E-state index contributed by atoms with van der Waals surface area (Å²) in [6.07, 6.45) is 0.570. The smallest absolute Gasteiger partial charge is 0.107 e. The molecule has 90 valence electrons. The van der Waals surface area contributed by atoms with E-state index in [2.05, 4.69) is 12.1 Å². The van der Waals surface area contributed by atoms with Crippen molar-refractivity contribution >= 4 is 0 Å². The largest absolute Gasteiger partial charge is 0.197 e. The normalized spacial score (nSPS) is 28.1. The molecule has 0 radical (unpaired) electrons. The van der Waals surface area contributed by atoms with Crippen molar-refractivity contribution in [3.05, 3.63) is 71.8 Å². The summed E-state index contributed by atoms with van der Waals surface area (Å²) >= 11 is 0. The Balaban J connectivity index is 2.14. The molecule has 1 aliphatic rings. The molecule has 0 bridgehead atoms. The van der Waals surface area contributed by atoms with Gasteiger partial charge in [0.2, 0.25) is 0 Å². The molecule has 1 fully saturated rings. The molecule has 0 N–H and O–H groups in total. The van der Waals surface area contributed by atoms with Gasteiger partial charge in [0.25, 0.3) is 0 Å². The molecule has 1 saturated carbocycles. The Labute approximate surface area is 112 Å². The van der Waals surface area contributed by atoms with Crippen LogP contribution < -0.4 is 0 Å². The molecular weight excluding hydrogens is 232 g/mol. The number of nitrogens with zero attached hydrogens (tertiary/aromatic N) is 2. The van der Waals surface area contributed by atoms with Gasteiger partial charge < -0.3 is 0 Å². The summed E-state index contributed by atoms with van der Waals surface area (Å²) in [5.41, 5.74) is 0.458. The average molecular weight is 244 g/mol. The second-order valence-electron chi connectivity index (χ2n) is 4.94. The van der Waals surface area contributed by atoms with Gasteiger partial charge in [0.15, 0.2) is 0 Å². The van der Waals surface area contributed by atoms with Gasteiger partial charge in [-0.05, 0) is 17.5 Å². The van der Waals surface area contributed by atoms with Gasteiger partial charge in [-0.25, -0.2) is 0 Å². The summed E-state index contributed by atoms with van der Waals surface area (Å²) < 4.78 is 0. The van der Waals surface area contributed by atoms with Crippen molar-refractivity contribution in [3.63, 3.8) is 0 Å². The zero-order valence-corrected chi connectivity index (χ0v) is 10.4. The molecule has 0 spiro atoms. The lowest BCUT2D eigenvalue weighted by molar-refractivity contribution is 0.757. The molecule has 0 amide bonds. The summed E-state index contributed by atoms with van der Waals surface area (Å²) in [7, 11) is 0. The number of hydrogen-bond donors (Lipinski definition) is 0. The van der Waals surface area contributed by atoms with E-state index in [-0.39, 0.29) is 0 Å². The molecule has 0 unspecified atom stereocenters. The molecule has 2 nitrogen and oxygen atoms in total.